The van der Waals surface area contributed by atoms with Crippen LogP contribution in [0.15, 0.2) is 54.6 Å². The zero-order chi connectivity index (χ0) is 12.3. The first-order chi connectivity index (χ1) is 8.08. The van der Waals surface area contributed by atoms with E-state index in [9.17, 15) is 0 Å². The lowest BCUT2D eigenvalue weighted by molar-refractivity contribution is 0.392. The third-order valence-electron chi connectivity index (χ3n) is 3.15. The van der Waals surface area contributed by atoms with Gasteiger partial charge in [-0.05, 0) is 19.1 Å². The fraction of sp³-hybridized carbons (Fsp3) is 0.294. The Labute approximate surface area is 111 Å². The summed E-state index contributed by atoms with van der Waals surface area (Å²) < 4.78 is 0.879. The van der Waals surface area contributed by atoms with Gasteiger partial charge in [0.2, 0.25) is 0 Å². The van der Waals surface area contributed by atoms with Gasteiger partial charge in [0.25, 0.3) is 0 Å². The second-order valence-electron chi connectivity index (χ2n) is 5.16. The van der Waals surface area contributed by atoms with Gasteiger partial charge < -0.3 is 0 Å². The molecule has 0 atom stereocenters. The van der Waals surface area contributed by atoms with Crippen LogP contribution in [0.5, 0.6) is 0 Å². The third kappa shape index (κ3) is 3.44. The molecule has 0 spiro atoms. The van der Waals surface area contributed by atoms with Crippen LogP contribution >= 0.6 is 0 Å². The van der Waals surface area contributed by atoms with E-state index >= 15 is 0 Å². The van der Waals surface area contributed by atoms with Gasteiger partial charge in [-0.2, -0.15) is 0 Å². The second-order valence-corrected chi connectivity index (χ2v) is 5.16. The summed E-state index contributed by atoms with van der Waals surface area (Å²) in [6.07, 6.45) is 0. The zero-order valence-electron chi connectivity index (χ0n) is 10.9. The van der Waals surface area contributed by atoms with Crippen molar-refractivity contribution in [3.63, 3.8) is 0 Å². The highest BCUT2D eigenvalue weighted by Gasteiger charge is 2.18. The predicted octanol–water partition coefficient (Wildman–Crippen LogP) is 4.40. The molecule has 0 aliphatic rings. The lowest BCUT2D eigenvalue weighted by atomic mass is 10.1. The molecule has 0 unspecified atom stereocenters. The number of rotatable bonds is 3. The highest BCUT2D eigenvalue weighted by molar-refractivity contribution is 5.42. The minimum absolute atomic E-state index is 0. The molecule has 0 N–H and O–H groups in total. The van der Waals surface area contributed by atoms with Crippen molar-refractivity contribution in [1.82, 2.24) is 4.48 Å². The van der Waals surface area contributed by atoms with E-state index in [2.05, 4.69) is 75.6 Å². The zero-order valence-corrected chi connectivity index (χ0v) is 10.9. The molecule has 0 radical (unpaired) electrons. The number of benzene rings is 2. The van der Waals surface area contributed by atoms with Gasteiger partial charge in [-0.1, -0.05) is 55.5 Å². The lowest BCUT2D eigenvalue weighted by Crippen LogP contribution is -2.39. The molecule has 0 aromatic heterocycles. The van der Waals surface area contributed by atoms with Crippen molar-refractivity contribution in [3.05, 3.63) is 65.7 Å². The first-order valence-electron chi connectivity index (χ1n) is 6.02. The average Bonchev–Trinajstić information content (AvgIpc) is 2.33. The normalized spacial score (nSPS) is 10.8. The monoisotopic (exact) mass is 242 g/mol. The van der Waals surface area contributed by atoms with Crippen molar-refractivity contribution < 1.29 is 0 Å². The number of para-hydroxylation sites is 1. The van der Waals surface area contributed by atoms with Crippen LogP contribution in [-0.2, 0) is 6.54 Å². The molecule has 2 aromatic carbocycles. The summed E-state index contributed by atoms with van der Waals surface area (Å²) in [5.41, 5.74) is 4.04. The van der Waals surface area contributed by atoms with Crippen LogP contribution in [0, 0.1) is 6.92 Å². The van der Waals surface area contributed by atoms with Gasteiger partial charge in [-0.25, -0.2) is 0 Å². The smallest absolute Gasteiger partial charge is 0.132 e. The highest BCUT2D eigenvalue weighted by atomic mass is 15.3. The Bertz CT molecular complexity index is 469. The van der Waals surface area contributed by atoms with E-state index in [0.29, 0.717) is 0 Å². The molecular formula is C17H24N+. The fourth-order valence-electron chi connectivity index (χ4n) is 2.07. The van der Waals surface area contributed by atoms with E-state index < -0.39 is 0 Å². The maximum atomic E-state index is 2.25. The van der Waals surface area contributed by atoms with Crippen molar-refractivity contribution in [2.45, 2.75) is 20.9 Å². The molecule has 0 fully saturated rings. The fourth-order valence-corrected chi connectivity index (χ4v) is 2.07. The van der Waals surface area contributed by atoms with Gasteiger partial charge >= 0.3 is 0 Å². The number of hydrogen-bond donors (Lipinski definition) is 0. The van der Waals surface area contributed by atoms with Crippen molar-refractivity contribution in [3.8, 4) is 0 Å². The van der Waals surface area contributed by atoms with E-state index in [4.69, 9.17) is 0 Å². The van der Waals surface area contributed by atoms with Gasteiger partial charge in [-0.15, -0.1) is 0 Å². The Morgan fingerprint density at radius 2 is 1.39 bits per heavy atom. The van der Waals surface area contributed by atoms with Crippen LogP contribution in [0.2, 0.25) is 0 Å². The molecule has 0 aliphatic heterocycles. The van der Waals surface area contributed by atoms with Gasteiger partial charge in [0.15, 0.2) is 0 Å². The molecule has 2 rings (SSSR count). The Morgan fingerprint density at radius 3 is 1.94 bits per heavy atom. The molecule has 0 saturated carbocycles. The molecule has 2 aromatic rings. The van der Waals surface area contributed by atoms with Crippen molar-refractivity contribution in [1.29, 1.82) is 0 Å². The molecule has 0 bridgehead atoms. The van der Waals surface area contributed by atoms with Crippen LogP contribution in [0.25, 0.3) is 0 Å². The summed E-state index contributed by atoms with van der Waals surface area (Å²) in [4.78, 5) is 0. The summed E-state index contributed by atoms with van der Waals surface area (Å²) in [5.74, 6) is 0. The van der Waals surface area contributed by atoms with E-state index in [0.717, 1.165) is 11.0 Å². The summed E-state index contributed by atoms with van der Waals surface area (Å²) in [6, 6.07) is 19.4. The standard InChI is InChI=1S/C16H20N.CH4/c1-14-9-11-15(12-10-14)13-17(2,3)16-7-5-4-6-8-16;/h4-12H,13H2,1-3H3;1H4/q+1;. The molecule has 0 heterocycles. The topological polar surface area (TPSA) is 0 Å². The Balaban J connectivity index is 0.00000162. The first-order valence-corrected chi connectivity index (χ1v) is 6.02. The predicted molar refractivity (Wildman–Crippen MR) is 81.7 cm³/mol. The number of hydrogen-bond acceptors (Lipinski definition) is 0. The van der Waals surface area contributed by atoms with E-state index in [1.54, 1.807) is 0 Å². The van der Waals surface area contributed by atoms with Crippen LogP contribution < -0.4 is 4.48 Å². The quantitative estimate of drug-likeness (QED) is 0.700. The molecule has 1 nitrogen and oxygen atoms in total. The van der Waals surface area contributed by atoms with Crippen LogP contribution in [0.4, 0.5) is 5.69 Å². The number of quaternary nitrogens is 1. The van der Waals surface area contributed by atoms with Crippen LogP contribution in [-0.4, -0.2) is 14.1 Å². The van der Waals surface area contributed by atoms with E-state index in [1.165, 1.54) is 16.8 Å². The van der Waals surface area contributed by atoms with E-state index in [1.807, 2.05) is 0 Å². The number of nitrogens with zero attached hydrogens (tertiary/aromatic N) is 1. The molecule has 1 heteroatoms. The summed E-state index contributed by atoms with van der Waals surface area (Å²) in [7, 11) is 4.49. The minimum atomic E-state index is 0. The minimum Gasteiger partial charge on any atom is -0.292 e. The van der Waals surface area contributed by atoms with Crippen molar-refractivity contribution in [2.75, 3.05) is 14.1 Å². The Hall–Kier alpha value is -1.60. The largest absolute Gasteiger partial charge is 0.292 e. The first kappa shape index (κ1) is 14.5. The maximum Gasteiger partial charge on any atom is 0.132 e. The SMILES string of the molecule is C.Cc1ccc(C[N+](C)(C)c2ccccc2)cc1. The van der Waals surface area contributed by atoms with Gasteiger partial charge in [0, 0.05) is 5.56 Å². The lowest BCUT2D eigenvalue weighted by Gasteiger charge is -2.29. The highest BCUT2D eigenvalue weighted by Crippen LogP contribution is 2.21. The van der Waals surface area contributed by atoms with Crippen molar-refractivity contribution >= 4 is 5.69 Å². The molecule has 96 valence electrons. The third-order valence-corrected chi connectivity index (χ3v) is 3.15. The molecular weight excluding hydrogens is 218 g/mol. The Kier molecular flexibility index (Phi) is 4.69. The van der Waals surface area contributed by atoms with E-state index in [-0.39, 0.29) is 7.43 Å². The van der Waals surface area contributed by atoms with Crippen molar-refractivity contribution in [2.24, 2.45) is 0 Å². The molecule has 0 saturated heterocycles. The summed E-state index contributed by atoms with van der Waals surface area (Å²) >= 11 is 0. The van der Waals surface area contributed by atoms with Gasteiger partial charge in [0.1, 0.15) is 12.2 Å². The van der Waals surface area contributed by atoms with Crippen LogP contribution in [0.3, 0.4) is 0 Å². The summed E-state index contributed by atoms with van der Waals surface area (Å²) in [6.45, 7) is 3.14. The molecule has 0 amide bonds. The van der Waals surface area contributed by atoms with Gasteiger partial charge in [0.05, 0.1) is 14.1 Å². The number of aryl methyl sites for hydroxylation is 1. The van der Waals surface area contributed by atoms with Crippen LogP contribution in [0.1, 0.15) is 18.6 Å². The summed E-state index contributed by atoms with van der Waals surface area (Å²) in [5, 5.41) is 0. The maximum absolute atomic E-state index is 2.25. The molecule has 18 heavy (non-hydrogen) atoms. The molecule has 0 aliphatic carbocycles. The van der Waals surface area contributed by atoms with Gasteiger partial charge in [-0.3, -0.25) is 4.48 Å². The Morgan fingerprint density at radius 1 is 0.833 bits per heavy atom. The second kappa shape index (κ2) is 5.83. The average molecular weight is 242 g/mol.